The molecule has 0 bridgehead atoms. The average Bonchev–Trinajstić information content (AvgIpc) is 3.03. The lowest BCUT2D eigenvalue weighted by Gasteiger charge is -2.20. The Kier molecular flexibility index (Phi) is 4.87. The van der Waals surface area contributed by atoms with E-state index in [1.54, 1.807) is 31.4 Å². The molecule has 1 aliphatic rings. The van der Waals surface area contributed by atoms with Gasteiger partial charge < -0.3 is 9.64 Å². The SMILES string of the molecule is CN1CC(OC(=O)c2cccc(I)c2)N(c2ncc(Br)s2)C1=O. The first-order chi connectivity index (χ1) is 11.0. The quantitative estimate of drug-likeness (QED) is 0.470. The smallest absolute Gasteiger partial charge is 0.340 e. The number of likely N-dealkylation sites (N-methyl/N-ethyl adjacent to an activating group) is 1. The first-order valence-corrected chi connectivity index (χ1v) is 9.27. The molecule has 2 heterocycles. The molecule has 0 N–H and O–H groups in total. The highest BCUT2D eigenvalue weighted by molar-refractivity contribution is 14.1. The van der Waals surface area contributed by atoms with Gasteiger partial charge in [0.1, 0.15) is 0 Å². The third-order valence-electron chi connectivity index (χ3n) is 3.23. The maximum Gasteiger partial charge on any atom is 0.340 e. The van der Waals surface area contributed by atoms with Gasteiger partial charge in [-0.05, 0) is 56.7 Å². The van der Waals surface area contributed by atoms with E-state index in [1.807, 2.05) is 6.07 Å². The van der Waals surface area contributed by atoms with Crippen molar-refractivity contribution in [2.75, 3.05) is 18.5 Å². The second-order valence-electron chi connectivity index (χ2n) is 4.85. The summed E-state index contributed by atoms with van der Waals surface area (Å²) in [7, 11) is 1.66. The lowest BCUT2D eigenvalue weighted by molar-refractivity contribution is 0.0331. The number of carbonyl (C=O) groups is 2. The van der Waals surface area contributed by atoms with E-state index in [2.05, 4.69) is 43.5 Å². The molecule has 1 saturated heterocycles. The van der Waals surface area contributed by atoms with Crippen molar-refractivity contribution in [2.45, 2.75) is 6.23 Å². The van der Waals surface area contributed by atoms with Crippen LogP contribution >= 0.6 is 49.9 Å². The van der Waals surface area contributed by atoms with Crippen LogP contribution in [0, 0.1) is 3.57 Å². The molecule has 0 radical (unpaired) electrons. The Morgan fingerprint density at radius 2 is 2.30 bits per heavy atom. The number of ether oxygens (including phenoxy) is 1. The highest BCUT2D eigenvalue weighted by atomic mass is 127. The molecular formula is C14H11BrIN3O3S. The van der Waals surface area contributed by atoms with Crippen molar-refractivity contribution < 1.29 is 14.3 Å². The zero-order chi connectivity index (χ0) is 16.6. The molecule has 1 aromatic carbocycles. The number of hydrogen-bond acceptors (Lipinski definition) is 5. The molecule has 0 saturated carbocycles. The second kappa shape index (κ2) is 6.73. The lowest BCUT2D eigenvalue weighted by Crippen LogP contribution is -2.37. The molecule has 2 aromatic rings. The van der Waals surface area contributed by atoms with Gasteiger partial charge in [0.25, 0.3) is 0 Å². The first-order valence-electron chi connectivity index (χ1n) is 6.58. The Morgan fingerprint density at radius 3 is 2.96 bits per heavy atom. The van der Waals surface area contributed by atoms with Crippen LogP contribution in [-0.2, 0) is 4.74 Å². The summed E-state index contributed by atoms with van der Waals surface area (Å²) in [6, 6.07) is 6.87. The fraction of sp³-hybridized carbons (Fsp3) is 0.214. The van der Waals surface area contributed by atoms with Crippen LogP contribution in [0.4, 0.5) is 9.93 Å². The molecule has 1 unspecified atom stereocenters. The van der Waals surface area contributed by atoms with Crippen LogP contribution in [0.5, 0.6) is 0 Å². The molecule has 6 nitrogen and oxygen atoms in total. The monoisotopic (exact) mass is 507 g/mol. The molecule has 1 aromatic heterocycles. The number of carbonyl (C=O) groups excluding carboxylic acids is 2. The number of hydrogen-bond donors (Lipinski definition) is 0. The third-order valence-corrected chi connectivity index (χ3v) is 5.37. The molecule has 23 heavy (non-hydrogen) atoms. The highest BCUT2D eigenvalue weighted by Gasteiger charge is 2.40. The number of nitrogens with zero attached hydrogens (tertiary/aromatic N) is 3. The maximum atomic E-state index is 12.3. The normalized spacial score (nSPS) is 17.7. The van der Waals surface area contributed by atoms with Crippen molar-refractivity contribution in [3.8, 4) is 0 Å². The first kappa shape index (κ1) is 16.7. The fourth-order valence-corrected chi connectivity index (χ4v) is 3.92. The molecule has 9 heteroatoms. The Morgan fingerprint density at radius 1 is 1.52 bits per heavy atom. The van der Waals surface area contributed by atoms with Gasteiger partial charge >= 0.3 is 12.0 Å². The molecule has 0 aliphatic carbocycles. The van der Waals surface area contributed by atoms with Crippen LogP contribution < -0.4 is 4.90 Å². The van der Waals surface area contributed by atoms with Crippen LogP contribution in [0.1, 0.15) is 10.4 Å². The predicted octanol–water partition coefficient (Wildman–Crippen LogP) is 3.57. The van der Waals surface area contributed by atoms with Gasteiger partial charge in [0.15, 0.2) is 5.13 Å². The predicted molar refractivity (Wildman–Crippen MR) is 98.7 cm³/mol. The number of halogens is 2. The Balaban J connectivity index is 1.83. The molecule has 1 fully saturated rings. The van der Waals surface area contributed by atoms with Gasteiger partial charge in [-0.2, -0.15) is 0 Å². The number of amides is 2. The van der Waals surface area contributed by atoms with E-state index in [4.69, 9.17) is 4.74 Å². The number of anilines is 1. The van der Waals surface area contributed by atoms with Crippen LogP contribution in [-0.4, -0.2) is 41.7 Å². The van der Waals surface area contributed by atoms with E-state index >= 15 is 0 Å². The number of urea groups is 1. The van der Waals surface area contributed by atoms with Crippen LogP contribution in [0.15, 0.2) is 34.2 Å². The fourth-order valence-electron chi connectivity index (χ4n) is 2.16. The minimum absolute atomic E-state index is 0.243. The zero-order valence-electron chi connectivity index (χ0n) is 11.9. The van der Waals surface area contributed by atoms with E-state index < -0.39 is 12.2 Å². The average molecular weight is 508 g/mol. The summed E-state index contributed by atoms with van der Waals surface area (Å²) in [5, 5.41) is 0.492. The number of benzene rings is 1. The van der Waals surface area contributed by atoms with E-state index in [9.17, 15) is 9.59 Å². The summed E-state index contributed by atoms with van der Waals surface area (Å²) in [5.41, 5.74) is 0.458. The summed E-state index contributed by atoms with van der Waals surface area (Å²) in [5.74, 6) is -0.461. The number of rotatable bonds is 3. The van der Waals surface area contributed by atoms with Crippen molar-refractivity contribution in [1.82, 2.24) is 9.88 Å². The van der Waals surface area contributed by atoms with Gasteiger partial charge in [0, 0.05) is 10.6 Å². The van der Waals surface area contributed by atoms with Crippen molar-refractivity contribution in [3.05, 3.63) is 43.4 Å². The van der Waals surface area contributed by atoms with Crippen molar-refractivity contribution >= 4 is 67.0 Å². The Hall–Kier alpha value is -1.20. The van der Waals surface area contributed by atoms with Crippen LogP contribution in [0.2, 0.25) is 0 Å². The molecular weight excluding hydrogens is 497 g/mol. The van der Waals surface area contributed by atoms with Crippen molar-refractivity contribution in [3.63, 3.8) is 0 Å². The largest absolute Gasteiger partial charge is 0.435 e. The van der Waals surface area contributed by atoms with Gasteiger partial charge in [0.2, 0.25) is 6.23 Å². The third kappa shape index (κ3) is 3.50. The molecule has 1 aliphatic heterocycles. The van der Waals surface area contributed by atoms with Gasteiger partial charge in [-0.25, -0.2) is 19.5 Å². The van der Waals surface area contributed by atoms with E-state index in [-0.39, 0.29) is 6.03 Å². The molecule has 120 valence electrons. The second-order valence-corrected chi connectivity index (χ2v) is 8.48. The minimum atomic E-state index is -0.698. The Labute approximate surface area is 158 Å². The molecule has 0 spiro atoms. The summed E-state index contributed by atoms with van der Waals surface area (Å²) in [4.78, 5) is 31.7. The maximum absolute atomic E-state index is 12.3. The van der Waals surface area contributed by atoms with E-state index in [1.165, 1.54) is 21.1 Å². The lowest BCUT2D eigenvalue weighted by atomic mass is 10.2. The summed E-state index contributed by atoms with van der Waals surface area (Å²) < 4.78 is 7.29. The molecule has 2 amide bonds. The summed E-state index contributed by atoms with van der Waals surface area (Å²) >= 11 is 6.77. The highest BCUT2D eigenvalue weighted by Crippen LogP contribution is 2.31. The number of thiazole rings is 1. The van der Waals surface area contributed by atoms with Crippen LogP contribution in [0.25, 0.3) is 0 Å². The zero-order valence-corrected chi connectivity index (χ0v) is 16.5. The van der Waals surface area contributed by atoms with Gasteiger partial charge in [0.05, 0.1) is 22.1 Å². The molecule has 1 atom stereocenters. The number of esters is 1. The molecule has 3 rings (SSSR count). The standard InChI is InChI=1S/C14H11BrIN3O3S/c1-18-7-11(19(14(18)21)13-17-6-10(15)23-13)22-12(20)8-3-2-4-9(16)5-8/h2-6,11H,7H2,1H3. The van der Waals surface area contributed by atoms with Crippen molar-refractivity contribution in [1.29, 1.82) is 0 Å². The minimum Gasteiger partial charge on any atom is -0.435 e. The Bertz CT molecular complexity index is 769. The van der Waals surface area contributed by atoms with Gasteiger partial charge in [-0.15, -0.1) is 0 Å². The van der Waals surface area contributed by atoms with E-state index in [0.717, 1.165) is 7.36 Å². The van der Waals surface area contributed by atoms with Crippen molar-refractivity contribution in [2.24, 2.45) is 0 Å². The number of aromatic nitrogens is 1. The summed E-state index contributed by atoms with van der Waals surface area (Å²) in [6.45, 7) is 0.297. The summed E-state index contributed by atoms with van der Waals surface area (Å²) in [6.07, 6.45) is 0.917. The van der Waals surface area contributed by atoms with Crippen LogP contribution in [0.3, 0.4) is 0 Å². The van der Waals surface area contributed by atoms with E-state index in [0.29, 0.717) is 17.2 Å². The van der Waals surface area contributed by atoms with Gasteiger partial charge in [-0.3, -0.25) is 0 Å². The topological polar surface area (TPSA) is 62.7 Å². The van der Waals surface area contributed by atoms with Gasteiger partial charge in [-0.1, -0.05) is 17.4 Å².